The first-order chi connectivity index (χ1) is 18.0. The molecule has 1 saturated heterocycles. The fourth-order valence-electron chi connectivity index (χ4n) is 4.62. The van der Waals surface area contributed by atoms with Crippen LogP contribution in [0.15, 0.2) is 66.2 Å². The minimum Gasteiger partial charge on any atom is -0.507 e. The van der Waals surface area contributed by atoms with Gasteiger partial charge in [-0.15, -0.1) is 0 Å². The van der Waals surface area contributed by atoms with Crippen LogP contribution in [-0.2, 0) is 15.0 Å². The molecule has 3 aromatic carbocycles. The number of nitrogens with zero attached hydrogens (tertiary/aromatic N) is 1. The average molecular weight is 538 g/mol. The summed E-state index contributed by atoms with van der Waals surface area (Å²) in [5, 5.41) is 11.4. The molecule has 0 aliphatic carbocycles. The van der Waals surface area contributed by atoms with Gasteiger partial charge in [-0.2, -0.15) is 0 Å². The van der Waals surface area contributed by atoms with Crippen LogP contribution >= 0.6 is 11.6 Å². The number of aliphatic hydroxyl groups excluding tert-OH is 1. The first kappa shape index (κ1) is 27.2. The SMILES string of the molecule is CCOc1ccc(/C(O)=C2\C(=O)C(=O)N(c3ccc(F)c(Cl)c3)C2c2ccccc2OC)cc1C(C)(C)C. The Hall–Kier alpha value is -3.84. The van der Waals surface area contributed by atoms with Crippen molar-refractivity contribution in [3.05, 3.63) is 93.8 Å². The van der Waals surface area contributed by atoms with Crippen molar-refractivity contribution in [1.29, 1.82) is 0 Å². The number of aliphatic hydroxyl groups is 1. The molecule has 1 amide bonds. The van der Waals surface area contributed by atoms with E-state index in [0.717, 1.165) is 11.6 Å². The van der Waals surface area contributed by atoms with Crippen molar-refractivity contribution in [1.82, 2.24) is 0 Å². The second kappa shape index (κ2) is 10.5. The molecule has 1 N–H and O–H groups in total. The lowest BCUT2D eigenvalue weighted by atomic mass is 9.84. The van der Waals surface area contributed by atoms with Crippen molar-refractivity contribution in [2.24, 2.45) is 0 Å². The number of carbonyl (C=O) groups excluding carboxylic acids is 2. The lowest BCUT2D eigenvalue weighted by Gasteiger charge is -2.27. The van der Waals surface area contributed by atoms with Gasteiger partial charge in [0, 0.05) is 22.4 Å². The van der Waals surface area contributed by atoms with Crippen LogP contribution in [0.3, 0.4) is 0 Å². The summed E-state index contributed by atoms with van der Waals surface area (Å²) in [7, 11) is 1.47. The van der Waals surface area contributed by atoms with Gasteiger partial charge in [-0.25, -0.2) is 4.39 Å². The van der Waals surface area contributed by atoms with Crippen LogP contribution in [0.5, 0.6) is 11.5 Å². The Morgan fingerprint density at radius 2 is 1.76 bits per heavy atom. The van der Waals surface area contributed by atoms with Gasteiger partial charge in [0.15, 0.2) is 0 Å². The van der Waals surface area contributed by atoms with Crippen LogP contribution in [0.1, 0.15) is 50.4 Å². The van der Waals surface area contributed by atoms with Crippen LogP contribution in [0.4, 0.5) is 10.1 Å². The van der Waals surface area contributed by atoms with Gasteiger partial charge in [-0.05, 0) is 54.8 Å². The highest BCUT2D eigenvalue weighted by Crippen LogP contribution is 2.46. The largest absolute Gasteiger partial charge is 0.507 e. The standard InChI is InChI=1S/C30H29ClFNO5/c1-6-38-24-14-11-17(15-20(24)30(2,3)4)27(34)25-26(19-9-7-8-10-23(19)37-5)33(29(36)28(25)35)18-12-13-22(32)21(31)16-18/h7-16,26,34H,6H2,1-5H3/b27-25+. The lowest BCUT2D eigenvalue weighted by molar-refractivity contribution is -0.132. The molecule has 1 aliphatic heterocycles. The molecule has 1 heterocycles. The highest BCUT2D eigenvalue weighted by molar-refractivity contribution is 6.52. The molecule has 0 bridgehead atoms. The molecule has 0 radical (unpaired) electrons. The summed E-state index contributed by atoms with van der Waals surface area (Å²) < 4.78 is 25.3. The number of hydrogen-bond donors (Lipinski definition) is 1. The van der Waals surface area contributed by atoms with Gasteiger partial charge < -0.3 is 14.6 Å². The smallest absolute Gasteiger partial charge is 0.300 e. The first-order valence-corrected chi connectivity index (χ1v) is 12.5. The van der Waals surface area contributed by atoms with Gasteiger partial charge in [-0.1, -0.05) is 50.6 Å². The number of para-hydroxylation sites is 1. The number of Topliss-reactive ketones (excluding diaryl/α,β-unsaturated/α-hetero) is 1. The van der Waals surface area contributed by atoms with Crippen molar-refractivity contribution in [2.45, 2.75) is 39.2 Å². The second-order valence-corrected chi connectivity index (χ2v) is 10.3. The fraction of sp³-hybridized carbons (Fsp3) is 0.267. The van der Waals surface area contributed by atoms with E-state index in [1.165, 1.54) is 24.1 Å². The van der Waals surface area contributed by atoms with Crippen molar-refractivity contribution < 1.29 is 28.6 Å². The van der Waals surface area contributed by atoms with E-state index in [4.69, 9.17) is 21.1 Å². The maximum absolute atomic E-state index is 14.0. The third-order valence-electron chi connectivity index (χ3n) is 6.42. The fourth-order valence-corrected chi connectivity index (χ4v) is 4.80. The maximum atomic E-state index is 14.0. The zero-order valence-corrected chi connectivity index (χ0v) is 22.6. The van der Waals surface area contributed by atoms with Gasteiger partial charge in [0.2, 0.25) is 0 Å². The number of carbonyl (C=O) groups is 2. The molecule has 1 atom stereocenters. The van der Waals surface area contributed by atoms with Gasteiger partial charge in [0.1, 0.15) is 23.1 Å². The Balaban J connectivity index is 1.99. The summed E-state index contributed by atoms with van der Waals surface area (Å²) in [6, 6.07) is 14.8. The Labute approximate surface area is 226 Å². The monoisotopic (exact) mass is 537 g/mol. The minimum absolute atomic E-state index is 0.121. The molecule has 0 saturated carbocycles. The Bertz CT molecular complexity index is 1440. The van der Waals surface area contributed by atoms with E-state index in [0.29, 0.717) is 29.2 Å². The zero-order valence-electron chi connectivity index (χ0n) is 21.8. The predicted octanol–water partition coefficient (Wildman–Crippen LogP) is 6.81. The Kier molecular flexibility index (Phi) is 7.51. The van der Waals surface area contributed by atoms with E-state index >= 15 is 0 Å². The highest BCUT2D eigenvalue weighted by Gasteiger charge is 2.48. The topological polar surface area (TPSA) is 76.1 Å². The number of ether oxygens (including phenoxy) is 2. The van der Waals surface area contributed by atoms with Crippen molar-refractivity contribution >= 4 is 34.7 Å². The van der Waals surface area contributed by atoms with E-state index in [1.54, 1.807) is 42.5 Å². The van der Waals surface area contributed by atoms with E-state index in [-0.39, 0.29) is 27.5 Å². The highest BCUT2D eigenvalue weighted by atomic mass is 35.5. The molecule has 3 aromatic rings. The third-order valence-corrected chi connectivity index (χ3v) is 6.71. The van der Waals surface area contributed by atoms with Crippen LogP contribution in [-0.4, -0.2) is 30.5 Å². The molecule has 1 fully saturated rings. The summed E-state index contributed by atoms with van der Waals surface area (Å²) >= 11 is 6.03. The summed E-state index contributed by atoms with van der Waals surface area (Å²) in [6.07, 6.45) is 0. The normalized spacial score (nSPS) is 17.1. The average Bonchev–Trinajstić information content (AvgIpc) is 3.15. The van der Waals surface area contributed by atoms with E-state index in [9.17, 15) is 19.1 Å². The summed E-state index contributed by atoms with van der Waals surface area (Å²) in [5.74, 6) is -1.70. The molecule has 0 spiro atoms. The van der Waals surface area contributed by atoms with E-state index < -0.39 is 23.5 Å². The summed E-state index contributed by atoms with van der Waals surface area (Å²) in [6.45, 7) is 8.40. The Morgan fingerprint density at radius 3 is 2.39 bits per heavy atom. The third kappa shape index (κ3) is 4.86. The zero-order chi connectivity index (χ0) is 27.8. The molecule has 4 rings (SSSR count). The quantitative estimate of drug-likeness (QED) is 0.212. The van der Waals surface area contributed by atoms with Crippen LogP contribution < -0.4 is 14.4 Å². The molecule has 198 valence electrons. The molecule has 38 heavy (non-hydrogen) atoms. The number of amides is 1. The van der Waals surface area contributed by atoms with Crippen molar-refractivity contribution in [3.8, 4) is 11.5 Å². The van der Waals surface area contributed by atoms with Crippen molar-refractivity contribution in [2.75, 3.05) is 18.6 Å². The van der Waals surface area contributed by atoms with E-state index in [1.807, 2.05) is 27.7 Å². The predicted molar refractivity (Wildman–Crippen MR) is 145 cm³/mol. The van der Waals surface area contributed by atoms with E-state index in [2.05, 4.69) is 0 Å². The number of benzene rings is 3. The van der Waals surface area contributed by atoms with Crippen LogP contribution in [0.25, 0.3) is 5.76 Å². The Morgan fingerprint density at radius 1 is 1.05 bits per heavy atom. The van der Waals surface area contributed by atoms with Crippen molar-refractivity contribution in [3.63, 3.8) is 0 Å². The molecule has 8 heteroatoms. The maximum Gasteiger partial charge on any atom is 0.300 e. The summed E-state index contributed by atoms with van der Waals surface area (Å²) in [4.78, 5) is 28.1. The first-order valence-electron chi connectivity index (χ1n) is 12.2. The second-order valence-electron chi connectivity index (χ2n) is 9.90. The van der Waals surface area contributed by atoms with Crippen LogP contribution in [0.2, 0.25) is 5.02 Å². The van der Waals surface area contributed by atoms with Gasteiger partial charge in [0.25, 0.3) is 11.7 Å². The van der Waals surface area contributed by atoms with Gasteiger partial charge in [0.05, 0.1) is 30.4 Å². The van der Waals surface area contributed by atoms with Crippen LogP contribution in [0, 0.1) is 5.82 Å². The minimum atomic E-state index is -1.06. The van der Waals surface area contributed by atoms with Gasteiger partial charge >= 0.3 is 0 Å². The molecular formula is C30H29ClFNO5. The number of hydrogen-bond acceptors (Lipinski definition) is 5. The van der Waals surface area contributed by atoms with Gasteiger partial charge in [-0.3, -0.25) is 14.5 Å². The lowest BCUT2D eigenvalue weighted by Crippen LogP contribution is -2.29. The number of rotatable bonds is 6. The molecular weight excluding hydrogens is 509 g/mol. The molecule has 1 aliphatic rings. The number of ketones is 1. The number of anilines is 1. The number of methoxy groups -OCH3 is 1. The molecule has 0 aromatic heterocycles. The summed E-state index contributed by atoms with van der Waals surface area (Å²) in [5.41, 5.74) is 1.41. The number of halogens is 2. The molecule has 1 unspecified atom stereocenters. The molecule has 6 nitrogen and oxygen atoms in total.